The minimum absolute atomic E-state index is 0.217. The first-order valence-electron chi connectivity index (χ1n) is 13.1. The number of aromatic nitrogens is 2. The van der Waals surface area contributed by atoms with Crippen molar-refractivity contribution in [2.75, 3.05) is 57.1 Å². The number of anilines is 3. The molecule has 0 atom stereocenters. The lowest BCUT2D eigenvalue weighted by molar-refractivity contribution is 0.0383. The Hall–Kier alpha value is -4.94. The van der Waals surface area contributed by atoms with E-state index < -0.39 is 6.09 Å². The van der Waals surface area contributed by atoms with Crippen molar-refractivity contribution in [2.45, 2.75) is 0 Å². The Kier molecular flexibility index (Phi) is 8.72. The van der Waals surface area contributed by atoms with Crippen LogP contribution in [-0.2, 0) is 4.74 Å². The van der Waals surface area contributed by atoms with Crippen LogP contribution >= 0.6 is 0 Å². The van der Waals surface area contributed by atoms with Crippen LogP contribution in [-0.4, -0.2) is 78.5 Å². The molecule has 1 aliphatic rings. The molecule has 2 heterocycles. The smallest absolute Gasteiger partial charge is 0.409 e. The number of fused-ring (bicyclic) bond motifs is 1. The average Bonchev–Trinajstić information content (AvgIpc) is 2.98. The third-order valence-corrected chi connectivity index (χ3v) is 6.45. The SMILES string of the molecule is COc1cc(Nc2nccc(Oc3ccc(NC(=O)O)c4ccccc34)n2)cc(C(=O)NCCN2CCOCC2)c1. The number of hydrogen-bond acceptors (Lipinski definition) is 9. The summed E-state index contributed by atoms with van der Waals surface area (Å²) >= 11 is 0. The Labute approximate surface area is 236 Å². The normalized spacial score (nSPS) is 13.4. The average molecular weight is 559 g/mol. The highest BCUT2D eigenvalue weighted by Gasteiger charge is 2.14. The summed E-state index contributed by atoms with van der Waals surface area (Å²) in [6.07, 6.45) is 0.397. The maximum Gasteiger partial charge on any atom is 0.409 e. The topological polar surface area (TPSA) is 147 Å². The maximum absolute atomic E-state index is 12.9. The van der Waals surface area contributed by atoms with Crippen LogP contribution in [0.4, 0.5) is 22.1 Å². The number of benzene rings is 3. The second kappa shape index (κ2) is 12.9. The Morgan fingerprint density at radius 2 is 1.85 bits per heavy atom. The number of rotatable bonds is 10. The fourth-order valence-electron chi connectivity index (χ4n) is 4.46. The van der Waals surface area contributed by atoms with Gasteiger partial charge in [0, 0.05) is 66.5 Å². The molecule has 212 valence electrons. The molecule has 12 heteroatoms. The van der Waals surface area contributed by atoms with E-state index in [9.17, 15) is 9.59 Å². The Bertz CT molecular complexity index is 1540. The van der Waals surface area contributed by atoms with Gasteiger partial charge in [-0.2, -0.15) is 4.98 Å². The van der Waals surface area contributed by atoms with Crippen molar-refractivity contribution in [3.05, 3.63) is 72.4 Å². The number of hydrogen-bond donors (Lipinski definition) is 4. The van der Waals surface area contributed by atoms with Crippen molar-refractivity contribution in [1.29, 1.82) is 0 Å². The van der Waals surface area contributed by atoms with E-state index in [0.717, 1.165) is 19.6 Å². The number of carboxylic acid groups (broad SMARTS) is 1. The number of nitrogens with one attached hydrogen (secondary N) is 3. The second-order valence-corrected chi connectivity index (χ2v) is 9.19. The van der Waals surface area contributed by atoms with Crippen LogP contribution in [0.1, 0.15) is 10.4 Å². The van der Waals surface area contributed by atoms with Gasteiger partial charge in [0.2, 0.25) is 11.8 Å². The number of morpholine rings is 1. The summed E-state index contributed by atoms with van der Waals surface area (Å²) in [6, 6.07) is 17.3. The first-order chi connectivity index (χ1) is 20.0. The van der Waals surface area contributed by atoms with Gasteiger partial charge in [-0.25, -0.2) is 9.78 Å². The van der Waals surface area contributed by atoms with Gasteiger partial charge >= 0.3 is 6.09 Å². The minimum atomic E-state index is -1.15. The Balaban J connectivity index is 1.29. The van der Waals surface area contributed by atoms with Crippen molar-refractivity contribution in [2.24, 2.45) is 0 Å². The van der Waals surface area contributed by atoms with Gasteiger partial charge < -0.3 is 30.0 Å². The lowest BCUT2D eigenvalue weighted by Gasteiger charge is -2.26. The van der Waals surface area contributed by atoms with Gasteiger partial charge in [-0.3, -0.25) is 15.0 Å². The van der Waals surface area contributed by atoms with E-state index in [1.807, 2.05) is 18.2 Å². The van der Waals surface area contributed by atoms with Crippen LogP contribution in [0.25, 0.3) is 10.8 Å². The molecule has 0 bridgehead atoms. The summed E-state index contributed by atoms with van der Waals surface area (Å²) in [5.74, 6) is 1.31. The fraction of sp³-hybridized carbons (Fsp3) is 0.241. The summed E-state index contributed by atoms with van der Waals surface area (Å²) in [5, 5.41) is 19.0. The first kappa shape index (κ1) is 27.6. The van der Waals surface area contributed by atoms with Crippen LogP contribution < -0.4 is 25.4 Å². The number of ether oxygens (including phenoxy) is 3. The van der Waals surface area contributed by atoms with E-state index >= 15 is 0 Å². The number of carbonyl (C=O) groups excluding carboxylic acids is 1. The molecule has 1 fully saturated rings. The zero-order chi connectivity index (χ0) is 28.6. The molecule has 1 aliphatic heterocycles. The summed E-state index contributed by atoms with van der Waals surface area (Å²) in [4.78, 5) is 35.1. The third kappa shape index (κ3) is 7.18. The van der Waals surface area contributed by atoms with Crippen molar-refractivity contribution >= 4 is 40.1 Å². The molecule has 0 aliphatic carbocycles. The van der Waals surface area contributed by atoms with Crippen molar-refractivity contribution < 1.29 is 28.9 Å². The highest BCUT2D eigenvalue weighted by molar-refractivity contribution is 6.02. The molecule has 5 rings (SSSR count). The molecule has 12 nitrogen and oxygen atoms in total. The molecule has 1 aromatic heterocycles. The lowest BCUT2D eigenvalue weighted by atomic mass is 10.1. The van der Waals surface area contributed by atoms with Gasteiger partial charge in [-0.05, 0) is 24.3 Å². The van der Waals surface area contributed by atoms with Crippen LogP contribution in [0, 0.1) is 0 Å². The van der Waals surface area contributed by atoms with E-state index in [-0.39, 0.29) is 17.7 Å². The molecular weight excluding hydrogens is 528 g/mol. The van der Waals surface area contributed by atoms with Crippen LogP contribution in [0.15, 0.2) is 66.9 Å². The van der Waals surface area contributed by atoms with Gasteiger partial charge in [-0.1, -0.05) is 24.3 Å². The zero-order valence-corrected chi connectivity index (χ0v) is 22.4. The van der Waals surface area contributed by atoms with E-state index in [4.69, 9.17) is 19.3 Å². The zero-order valence-electron chi connectivity index (χ0n) is 22.4. The first-order valence-corrected chi connectivity index (χ1v) is 13.1. The molecule has 2 amide bonds. The van der Waals surface area contributed by atoms with Crippen LogP contribution in [0.5, 0.6) is 17.4 Å². The quantitative estimate of drug-likeness (QED) is 0.222. The lowest BCUT2D eigenvalue weighted by Crippen LogP contribution is -2.41. The van der Waals surface area contributed by atoms with Crippen molar-refractivity contribution in [1.82, 2.24) is 20.2 Å². The van der Waals surface area contributed by atoms with Gasteiger partial charge in [0.05, 0.1) is 26.0 Å². The van der Waals surface area contributed by atoms with Crippen molar-refractivity contribution in [3.63, 3.8) is 0 Å². The van der Waals surface area contributed by atoms with E-state index in [0.29, 0.717) is 59.0 Å². The summed E-state index contributed by atoms with van der Waals surface area (Å²) in [7, 11) is 1.53. The molecule has 0 spiro atoms. The van der Waals surface area contributed by atoms with Crippen molar-refractivity contribution in [3.8, 4) is 17.4 Å². The summed E-state index contributed by atoms with van der Waals surface area (Å²) < 4.78 is 16.8. The summed E-state index contributed by atoms with van der Waals surface area (Å²) in [5.41, 5.74) is 1.45. The molecule has 0 radical (unpaired) electrons. The molecule has 3 aromatic carbocycles. The predicted molar refractivity (Wildman–Crippen MR) is 154 cm³/mol. The molecule has 4 aromatic rings. The van der Waals surface area contributed by atoms with Gasteiger partial charge in [0.25, 0.3) is 5.91 Å². The van der Waals surface area contributed by atoms with Crippen LogP contribution in [0.3, 0.4) is 0 Å². The van der Waals surface area contributed by atoms with Crippen LogP contribution in [0.2, 0.25) is 0 Å². The standard InChI is InChI=1S/C29H30N6O6/c1-39-21-17-19(27(36)30-10-11-35-12-14-40-15-13-35)16-20(18-21)32-28-31-9-8-26(34-28)41-25-7-6-24(33-29(37)38)22-4-2-3-5-23(22)25/h2-9,16-18,33H,10-15H2,1H3,(H,30,36)(H,37,38)(H,31,32,34). The number of methoxy groups -OCH3 is 1. The number of nitrogens with zero attached hydrogens (tertiary/aromatic N) is 3. The van der Waals surface area contributed by atoms with Gasteiger partial charge in [-0.15, -0.1) is 0 Å². The summed E-state index contributed by atoms with van der Waals surface area (Å²) in [6.45, 7) is 4.40. The highest BCUT2D eigenvalue weighted by Crippen LogP contribution is 2.34. The Morgan fingerprint density at radius 3 is 2.63 bits per heavy atom. The highest BCUT2D eigenvalue weighted by atomic mass is 16.5. The van der Waals surface area contributed by atoms with E-state index in [1.54, 1.807) is 48.7 Å². The van der Waals surface area contributed by atoms with Gasteiger partial charge in [0.15, 0.2) is 0 Å². The molecular formula is C29H30N6O6. The molecule has 41 heavy (non-hydrogen) atoms. The molecule has 4 N–H and O–H groups in total. The molecule has 1 saturated heterocycles. The minimum Gasteiger partial charge on any atom is -0.497 e. The predicted octanol–water partition coefficient (Wildman–Crippen LogP) is 4.33. The van der Waals surface area contributed by atoms with E-state index in [2.05, 4.69) is 30.8 Å². The number of carbonyl (C=O) groups is 2. The van der Waals surface area contributed by atoms with Gasteiger partial charge in [0.1, 0.15) is 11.5 Å². The largest absolute Gasteiger partial charge is 0.497 e. The number of amides is 2. The maximum atomic E-state index is 12.9. The molecule has 0 saturated carbocycles. The third-order valence-electron chi connectivity index (χ3n) is 6.45. The van der Waals surface area contributed by atoms with E-state index in [1.165, 1.54) is 7.11 Å². The molecule has 0 unspecified atom stereocenters. The monoisotopic (exact) mass is 558 g/mol. The second-order valence-electron chi connectivity index (χ2n) is 9.19. The fourth-order valence-corrected chi connectivity index (χ4v) is 4.46. The Morgan fingerprint density at radius 1 is 1.05 bits per heavy atom.